The summed E-state index contributed by atoms with van der Waals surface area (Å²) >= 11 is 6.20. The van der Waals surface area contributed by atoms with Crippen LogP contribution in [-0.2, 0) is 4.74 Å². The Bertz CT molecular complexity index is 353. The molecule has 4 heteroatoms. The molecule has 3 N–H and O–H groups in total. The summed E-state index contributed by atoms with van der Waals surface area (Å²) in [5.41, 5.74) is 3.97. The highest BCUT2D eigenvalue weighted by Crippen LogP contribution is 2.30. The molecule has 1 atom stereocenters. The van der Waals surface area contributed by atoms with E-state index in [4.69, 9.17) is 22.2 Å². The third-order valence-corrected chi connectivity index (χ3v) is 3.74. The van der Waals surface area contributed by atoms with Gasteiger partial charge in [0, 0.05) is 24.3 Å². The molecule has 1 aliphatic rings. The molecule has 94 valence electrons. The first kappa shape index (κ1) is 12.8. The molecule has 0 radical (unpaired) electrons. The van der Waals surface area contributed by atoms with Crippen LogP contribution in [0.1, 0.15) is 30.9 Å². The molecule has 17 heavy (non-hydrogen) atoms. The van der Waals surface area contributed by atoms with E-state index in [-0.39, 0.29) is 6.04 Å². The van der Waals surface area contributed by atoms with Crippen molar-refractivity contribution in [3.8, 4) is 0 Å². The highest BCUT2D eigenvalue weighted by atomic mass is 35.5. The average Bonchev–Trinajstić information content (AvgIpc) is 2.38. The Labute approximate surface area is 107 Å². The van der Waals surface area contributed by atoms with Gasteiger partial charge in [0.2, 0.25) is 0 Å². The van der Waals surface area contributed by atoms with Gasteiger partial charge in [0.1, 0.15) is 0 Å². The Morgan fingerprint density at radius 1 is 1.35 bits per heavy atom. The van der Waals surface area contributed by atoms with Crippen molar-refractivity contribution in [1.82, 2.24) is 5.43 Å². The van der Waals surface area contributed by atoms with Crippen LogP contribution in [0.2, 0.25) is 5.02 Å². The van der Waals surface area contributed by atoms with Gasteiger partial charge >= 0.3 is 0 Å². The second-order valence-corrected chi connectivity index (χ2v) is 4.94. The first-order valence-electron chi connectivity index (χ1n) is 6.09. The fourth-order valence-electron chi connectivity index (χ4n) is 2.36. The summed E-state index contributed by atoms with van der Waals surface area (Å²) in [6.07, 6.45) is 3.24. The average molecular weight is 255 g/mol. The number of nitrogens with one attached hydrogen (secondary N) is 1. The molecule has 0 amide bonds. The van der Waals surface area contributed by atoms with E-state index < -0.39 is 0 Å². The van der Waals surface area contributed by atoms with Crippen LogP contribution >= 0.6 is 11.6 Å². The Morgan fingerprint density at radius 3 is 2.71 bits per heavy atom. The Hall–Kier alpha value is -0.610. The van der Waals surface area contributed by atoms with Gasteiger partial charge in [0.25, 0.3) is 0 Å². The summed E-state index contributed by atoms with van der Waals surface area (Å²) in [4.78, 5) is 0. The molecule has 2 rings (SSSR count). The molecule has 1 aromatic rings. The molecule has 3 nitrogen and oxygen atoms in total. The summed E-state index contributed by atoms with van der Waals surface area (Å²) < 4.78 is 5.37. The van der Waals surface area contributed by atoms with Crippen LogP contribution in [-0.4, -0.2) is 13.2 Å². The smallest absolute Gasteiger partial charge is 0.0477 e. The molecule has 0 bridgehead atoms. The lowest BCUT2D eigenvalue weighted by Crippen LogP contribution is -2.31. The number of halogens is 1. The van der Waals surface area contributed by atoms with Crippen molar-refractivity contribution in [2.75, 3.05) is 13.2 Å². The standard InChI is InChI=1S/C13H19ClN2O/c14-12-4-2-1-3-11(12)13(16-15)9-10-5-7-17-8-6-10/h1-4,10,13,16H,5-9,15H2. The van der Waals surface area contributed by atoms with Crippen LogP contribution in [0.15, 0.2) is 24.3 Å². The van der Waals surface area contributed by atoms with E-state index in [9.17, 15) is 0 Å². The minimum absolute atomic E-state index is 0.131. The molecular formula is C13H19ClN2O. The summed E-state index contributed by atoms with van der Waals surface area (Å²) in [5.74, 6) is 6.32. The van der Waals surface area contributed by atoms with Gasteiger partial charge < -0.3 is 4.74 Å². The molecule has 1 heterocycles. The molecule has 1 aliphatic heterocycles. The van der Waals surface area contributed by atoms with Crippen LogP contribution in [0, 0.1) is 5.92 Å². The summed E-state index contributed by atoms with van der Waals surface area (Å²) in [5, 5.41) is 0.780. The van der Waals surface area contributed by atoms with Crippen LogP contribution in [0.4, 0.5) is 0 Å². The maximum atomic E-state index is 6.20. The monoisotopic (exact) mass is 254 g/mol. The molecule has 1 unspecified atom stereocenters. The Morgan fingerprint density at radius 2 is 2.06 bits per heavy atom. The van der Waals surface area contributed by atoms with Crippen molar-refractivity contribution in [2.45, 2.75) is 25.3 Å². The fraction of sp³-hybridized carbons (Fsp3) is 0.538. The molecule has 0 saturated carbocycles. The van der Waals surface area contributed by atoms with E-state index >= 15 is 0 Å². The summed E-state index contributed by atoms with van der Waals surface area (Å²) in [6, 6.07) is 8.01. The Kier molecular flexibility index (Phi) is 4.80. The zero-order chi connectivity index (χ0) is 12.1. The molecule has 0 aromatic heterocycles. The van der Waals surface area contributed by atoms with Crippen molar-refractivity contribution < 1.29 is 4.74 Å². The van der Waals surface area contributed by atoms with Crippen molar-refractivity contribution in [1.29, 1.82) is 0 Å². The zero-order valence-electron chi connectivity index (χ0n) is 9.86. The molecule has 0 spiro atoms. The largest absolute Gasteiger partial charge is 0.381 e. The number of rotatable bonds is 4. The minimum atomic E-state index is 0.131. The lowest BCUT2D eigenvalue weighted by atomic mass is 9.90. The molecule has 0 aliphatic carbocycles. The maximum absolute atomic E-state index is 6.20. The van der Waals surface area contributed by atoms with E-state index in [0.29, 0.717) is 5.92 Å². The van der Waals surface area contributed by atoms with E-state index in [1.54, 1.807) is 0 Å². The minimum Gasteiger partial charge on any atom is -0.381 e. The lowest BCUT2D eigenvalue weighted by molar-refractivity contribution is 0.0605. The van der Waals surface area contributed by atoms with Crippen LogP contribution in [0.25, 0.3) is 0 Å². The topological polar surface area (TPSA) is 47.3 Å². The van der Waals surface area contributed by atoms with Gasteiger partial charge in [-0.15, -0.1) is 0 Å². The molecule has 1 fully saturated rings. The third kappa shape index (κ3) is 3.42. The van der Waals surface area contributed by atoms with E-state index in [1.165, 1.54) is 0 Å². The predicted octanol–water partition coefficient (Wildman–Crippen LogP) is 2.66. The fourth-order valence-corrected chi connectivity index (χ4v) is 2.63. The molecule has 1 saturated heterocycles. The van der Waals surface area contributed by atoms with Crippen molar-refractivity contribution in [2.24, 2.45) is 11.8 Å². The van der Waals surface area contributed by atoms with Gasteiger partial charge in [-0.05, 0) is 36.8 Å². The summed E-state index contributed by atoms with van der Waals surface area (Å²) in [6.45, 7) is 1.73. The number of ether oxygens (including phenoxy) is 1. The van der Waals surface area contributed by atoms with Crippen LogP contribution < -0.4 is 11.3 Å². The van der Waals surface area contributed by atoms with Gasteiger partial charge in [-0.2, -0.15) is 0 Å². The van der Waals surface area contributed by atoms with Crippen molar-refractivity contribution >= 4 is 11.6 Å². The SMILES string of the molecule is NNC(CC1CCOCC1)c1ccccc1Cl. The number of benzene rings is 1. The highest BCUT2D eigenvalue weighted by molar-refractivity contribution is 6.31. The quantitative estimate of drug-likeness (QED) is 0.642. The number of hydrogen-bond acceptors (Lipinski definition) is 3. The first-order valence-corrected chi connectivity index (χ1v) is 6.47. The van der Waals surface area contributed by atoms with Gasteiger partial charge in [-0.1, -0.05) is 29.8 Å². The van der Waals surface area contributed by atoms with Gasteiger partial charge in [-0.3, -0.25) is 11.3 Å². The van der Waals surface area contributed by atoms with Gasteiger partial charge in [0.05, 0.1) is 0 Å². The predicted molar refractivity (Wildman–Crippen MR) is 69.7 cm³/mol. The zero-order valence-corrected chi connectivity index (χ0v) is 10.6. The summed E-state index contributed by atoms with van der Waals surface area (Å²) in [7, 11) is 0. The second kappa shape index (κ2) is 6.36. The number of nitrogens with two attached hydrogens (primary N) is 1. The molecular weight excluding hydrogens is 236 g/mol. The molecule has 1 aromatic carbocycles. The first-order chi connectivity index (χ1) is 8.31. The van der Waals surface area contributed by atoms with Crippen molar-refractivity contribution in [3.63, 3.8) is 0 Å². The lowest BCUT2D eigenvalue weighted by Gasteiger charge is -2.27. The van der Waals surface area contributed by atoms with Crippen molar-refractivity contribution in [3.05, 3.63) is 34.9 Å². The van der Waals surface area contributed by atoms with E-state index in [2.05, 4.69) is 5.43 Å². The normalized spacial score (nSPS) is 19.2. The van der Waals surface area contributed by atoms with Crippen LogP contribution in [0.5, 0.6) is 0 Å². The highest BCUT2D eigenvalue weighted by Gasteiger charge is 2.20. The van der Waals surface area contributed by atoms with Crippen LogP contribution in [0.3, 0.4) is 0 Å². The second-order valence-electron chi connectivity index (χ2n) is 4.53. The maximum Gasteiger partial charge on any atom is 0.0477 e. The van der Waals surface area contributed by atoms with E-state index in [1.807, 2.05) is 24.3 Å². The van der Waals surface area contributed by atoms with Gasteiger partial charge in [-0.25, -0.2) is 0 Å². The van der Waals surface area contributed by atoms with Gasteiger partial charge in [0.15, 0.2) is 0 Å². The van der Waals surface area contributed by atoms with E-state index in [0.717, 1.165) is 43.1 Å². The number of hydrazine groups is 1. The number of hydrogen-bond donors (Lipinski definition) is 2. The third-order valence-electron chi connectivity index (χ3n) is 3.39. The Balaban J connectivity index is 2.03.